The van der Waals surface area contributed by atoms with Gasteiger partial charge in [0.2, 0.25) is 11.8 Å². The molecule has 0 unspecified atom stereocenters. The molecule has 0 saturated heterocycles. The van der Waals surface area contributed by atoms with Gasteiger partial charge in [-0.05, 0) is 17.7 Å². The minimum absolute atomic E-state index is 0.0515. The fourth-order valence-electron chi connectivity index (χ4n) is 1.75. The molecule has 122 valence electrons. The second-order valence-electron chi connectivity index (χ2n) is 5.04. The van der Waals surface area contributed by atoms with Crippen molar-refractivity contribution < 1.29 is 19.1 Å². The SMILES string of the molecule is COc1cccc(COCCNC(=O)CCC(=O)N(C)C)c1. The van der Waals surface area contributed by atoms with Gasteiger partial charge >= 0.3 is 0 Å². The van der Waals surface area contributed by atoms with Crippen LogP contribution in [0.4, 0.5) is 0 Å². The first-order chi connectivity index (χ1) is 10.5. The summed E-state index contributed by atoms with van der Waals surface area (Å²) in [6, 6.07) is 7.64. The highest BCUT2D eigenvalue weighted by atomic mass is 16.5. The summed E-state index contributed by atoms with van der Waals surface area (Å²) in [5.74, 6) is 0.601. The third-order valence-electron chi connectivity index (χ3n) is 3.04. The van der Waals surface area contributed by atoms with E-state index in [9.17, 15) is 9.59 Å². The Balaban J connectivity index is 2.12. The van der Waals surface area contributed by atoms with Gasteiger partial charge in [0, 0.05) is 33.5 Å². The lowest BCUT2D eigenvalue weighted by Crippen LogP contribution is -2.29. The highest BCUT2D eigenvalue weighted by Gasteiger charge is 2.07. The Morgan fingerprint density at radius 3 is 2.68 bits per heavy atom. The number of rotatable bonds is 9. The number of hydrogen-bond acceptors (Lipinski definition) is 4. The average molecular weight is 308 g/mol. The summed E-state index contributed by atoms with van der Waals surface area (Å²) >= 11 is 0. The van der Waals surface area contributed by atoms with Gasteiger partial charge in [0.1, 0.15) is 5.75 Å². The van der Waals surface area contributed by atoms with E-state index in [1.54, 1.807) is 21.2 Å². The quantitative estimate of drug-likeness (QED) is 0.696. The average Bonchev–Trinajstić information content (AvgIpc) is 2.52. The number of hydrogen-bond donors (Lipinski definition) is 1. The van der Waals surface area contributed by atoms with E-state index in [1.807, 2.05) is 24.3 Å². The van der Waals surface area contributed by atoms with E-state index in [0.29, 0.717) is 19.8 Å². The molecule has 0 aliphatic heterocycles. The highest BCUT2D eigenvalue weighted by molar-refractivity contribution is 5.83. The van der Waals surface area contributed by atoms with Gasteiger partial charge in [-0.25, -0.2) is 0 Å². The second-order valence-corrected chi connectivity index (χ2v) is 5.04. The molecule has 1 aromatic rings. The van der Waals surface area contributed by atoms with E-state index in [2.05, 4.69) is 5.32 Å². The normalized spacial score (nSPS) is 10.1. The molecule has 0 aromatic heterocycles. The standard InChI is InChI=1S/C16H24N2O4/c1-18(2)16(20)8-7-15(19)17-9-10-22-12-13-5-4-6-14(11-13)21-3/h4-6,11H,7-10,12H2,1-3H3,(H,17,19). The van der Waals surface area contributed by atoms with Gasteiger partial charge in [0.25, 0.3) is 0 Å². The first kappa shape index (κ1) is 18.0. The summed E-state index contributed by atoms with van der Waals surface area (Å²) in [6.07, 6.45) is 0.427. The second kappa shape index (κ2) is 9.78. The monoisotopic (exact) mass is 308 g/mol. The Kier molecular flexibility index (Phi) is 7.99. The van der Waals surface area contributed by atoms with Crippen LogP contribution >= 0.6 is 0 Å². The minimum atomic E-state index is -0.139. The van der Waals surface area contributed by atoms with E-state index in [4.69, 9.17) is 9.47 Å². The predicted octanol–water partition coefficient (Wildman–Crippen LogP) is 1.20. The molecule has 0 heterocycles. The first-order valence-corrected chi connectivity index (χ1v) is 7.20. The van der Waals surface area contributed by atoms with Crippen molar-refractivity contribution in [1.82, 2.24) is 10.2 Å². The van der Waals surface area contributed by atoms with E-state index in [0.717, 1.165) is 11.3 Å². The van der Waals surface area contributed by atoms with Crippen LogP contribution in [0.5, 0.6) is 5.75 Å². The zero-order valence-corrected chi connectivity index (χ0v) is 13.4. The third-order valence-corrected chi connectivity index (χ3v) is 3.04. The molecule has 0 radical (unpaired) electrons. The van der Waals surface area contributed by atoms with Crippen LogP contribution < -0.4 is 10.1 Å². The molecular formula is C16H24N2O4. The minimum Gasteiger partial charge on any atom is -0.497 e. The van der Waals surface area contributed by atoms with E-state index in [1.165, 1.54) is 4.90 Å². The van der Waals surface area contributed by atoms with Crippen molar-refractivity contribution in [2.45, 2.75) is 19.4 Å². The van der Waals surface area contributed by atoms with Crippen molar-refractivity contribution in [2.75, 3.05) is 34.4 Å². The van der Waals surface area contributed by atoms with Crippen molar-refractivity contribution in [3.8, 4) is 5.75 Å². The third kappa shape index (κ3) is 7.08. The maximum atomic E-state index is 11.5. The number of amides is 2. The van der Waals surface area contributed by atoms with Crippen LogP contribution in [0.1, 0.15) is 18.4 Å². The molecule has 0 aliphatic carbocycles. The number of benzene rings is 1. The van der Waals surface area contributed by atoms with Gasteiger partial charge in [-0.3, -0.25) is 9.59 Å². The fourth-order valence-corrected chi connectivity index (χ4v) is 1.75. The van der Waals surface area contributed by atoms with Crippen molar-refractivity contribution in [3.63, 3.8) is 0 Å². The Hall–Kier alpha value is -2.08. The summed E-state index contributed by atoms with van der Waals surface area (Å²) in [5, 5.41) is 2.73. The lowest BCUT2D eigenvalue weighted by atomic mass is 10.2. The van der Waals surface area contributed by atoms with E-state index in [-0.39, 0.29) is 24.7 Å². The number of nitrogens with zero attached hydrogens (tertiary/aromatic N) is 1. The van der Waals surface area contributed by atoms with Crippen molar-refractivity contribution in [2.24, 2.45) is 0 Å². The summed E-state index contributed by atoms with van der Waals surface area (Å²) in [5.41, 5.74) is 1.02. The van der Waals surface area contributed by atoms with E-state index >= 15 is 0 Å². The maximum Gasteiger partial charge on any atom is 0.222 e. The molecule has 0 fully saturated rings. The smallest absolute Gasteiger partial charge is 0.222 e. The topological polar surface area (TPSA) is 67.9 Å². The zero-order chi connectivity index (χ0) is 16.4. The molecule has 6 heteroatoms. The van der Waals surface area contributed by atoms with Crippen molar-refractivity contribution >= 4 is 11.8 Å². The molecule has 1 N–H and O–H groups in total. The van der Waals surface area contributed by atoms with Crippen LogP contribution in [0.15, 0.2) is 24.3 Å². The number of carbonyl (C=O) groups excluding carboxylic acids is 2. The Morgan fingerprint density at radius 1 is 1.23 bits per heavy atom. The Bertz CT molecular complexity index is 489. The number of methoxy groups -OCH3 is 1. The van der Waals surface area contributed by atoms with Crippen LogP contribution in [0.25, 0.3) is 0 Å². The fraction of sp³-hybridized carbons (Fsp3) is 0.500. The molecule has 2 amide bonds. The maximum absolute atomic E-state index is 11.5. The predicted molar refractivity (Wildman–Crippen MR) is 83.6 cm³/mol. The van der Waals surface area contributed by atoms with Gasteiger partial charge in [-0.2, -0.15) is 0 Å². The van der Waals surface area contributed by atoms with E-state index < -0.39 is 0 Å². The molecule has 1 rings (SSSR count). The number of carbonyl (C=O) groups is 2. The first-order valence-electron chi connectivity index (χ1n) is 7.20. The summed E-state index contributed by atoms with van der Waals surface area (Å²) in [4.78, 5) is 24.4. The van der Waals surface area contributed by atoms with Crippen LogP contribution in [0, 0.1) is 0 Å². The van der Waals surface area contributed by atoms with Gasteiger partial charge in [-0.15, -0.1) is 0 Å². The molecular weight excluding hydrogens is 284 g/mol. The number of nitrogens with one attached hydrogen (secondary N) is 1. The van der Waals surface area contributed by atoms with Gasteiger partial charge < -0.3 is 19.7 Å². The summed E-state index contributed by atoms with van der Waals surface area (Å²) < 4.78 is 10.6. The Morgan fingerprint density at radius 2 is 2.00 bits per heavy atom. The lowest BCUT2D eigenvalue weighted by molar-refractivity contribution is -0.131. The highest BCUT2D eigenvalue weighted by Crippen LogP contribution is 2.12. The summed E-state index contributed by atoms with van der Waals surface area (Å²) in [6.45, 7) is 1.32. The van der Waals surface area contributed by atoms with Crippen LogP contribution in [-0.4, -0.2) is 51.1 Å². The summed E-state index contributed by atoms with van der Waals surface area (Å²) in [7, 11) is 4.97. The molecule has 0 saturated carbocycles. The molecule has 6 nitrogen and oxygen atoms in total. The molecule has 22 heavy (non-hydrogen) atoms. The molecule has 1 aromatic carbocycles. The van der Waals surface area contributed by atoms with Crippen LogP contribution in [-0.2, 0) is 20.9 Å². The van der Waals surface area contributed by atoms with Gasteiger partial charge in [0.05, 0.1) is 20.3 Å². The zero-order valence-electron chi connectivity index (χ0n) is 13.4. The largest absolute Gasteiger partial charge is 0.497 e. The molecule has 0 bridgehead atoms. The molecule has 0 atom stereocenters. The number of ether oxygens (including phenoxy) is 2. The van der Waals surface area contributed by atoms with Crippen molar-refractivity contribution in [3.05, 3.63) is 29.8 Å². The van der Waals surface area contributed by atoms with Crippen LogP contribution in [0.2, 0.25) is 0 Å². The molecule has 0 aliphatic rings. The van der Waals surface area contributed by atoms with Gasteiger partial charge in [-0.1, -0.05) is 12.1 Å². The van der Waals surface area contributed by atoms with Crippen LogP contribution in [0.3, 0.4) is 0 Å². The Labute approximate surface area is 131 Å². The lowest BCUT2D eigenvalue weighted by Gasteiger charge is -2.10. The van der Waals surface area contributed by atoms with Gasteiger partial charge in [0.15, 0.2) is 0 Å². The van der Waals surface area contributed by atoms with Crippen molar-refractivity contribution in [1.29, 1.82) is 0 Å². The molecule has 0 spiro atoms.